The second-order valence-corrected chi connectivity index (χ2v) is 7.68. The molecule has 0 radical (unpaired) electrons. The van der Waals surface area contributed by atoms with Gasteiger partial charge in [-0.05, 0) is 24.3 Å². The maximum Gasteiger partial charge on any atom is 0.114 e. The van der Waals surface area contributed by atoms with Crippen LogP contribution in [-0.2, 0) is 14.2 Å². The van der Waals surface area contributed by atoms with Crippen molar-refractivity contribution in [3.63, 3.8) is 0 Å². The molecule has 4 nitrogen and oxygen atoms in total. The summed E-state index contributed by atoms with van der Waals surface area (Å²) in [5.41, 5.74) is 0.682. The molecule has 0 amide bonds. The highest BCUT2D eigenvalue weighted by Crippen LogP contribution is 2.46. The van der Waals surface area contributed by atoms with Crippen LogP contribution < -0.4 is 0 Å². The Morgan fingerprint density at radius 1 is 1.24 bits per heavy atom. The van der Waals surface area contributed by atoms with Gasteiger partial charge < -0.3 is 14.2 Å². The molecule has 0 aliphatic carbocycles. The summed E-state index contributed by atoms with van der Waals surface area (Å²) in [5, 5.41) is 8.85. The lowest BCUT2D eigenvalue weighted by atomic mass is 10.1. The maximum atomic E-state index is 8.85. The van der Waals surface area contributed by atoms with Crippen molar-refractivity contribution in [2.75, 3.05) is 20.0 Å². The average molecular weight is 323 g/mol. The molecule has 2 aliphatic heterocycles. The van der Waals surface area contributed by atoms with E-state index in [0.717, 1.165) is 10.6 Å². The van der Waals surface area contributed by atoms with E-state index in [0.29, 0.717) is 5.56 Å². The van der Waals surface area contributed by atoms with Gasteiger partial charge in [0, 0.05) is 24.9 Å². The summed E-state index contributed by atoms with van der Waals surface area (Å²) < 4.78 is 17.5. The fraction of sp³-hybridized carbons (Fsp3) is 0.533. The van der Waals surface area contributed by atoms with Gasteiger partial charge in [-0.15, -0.1) is 23.5 Å². The molecule has 6 heteroatoms. The van der Waals surface area contributed by atoms with E-state index < -0.39 is 0 Å². The van der Waals surface area contributed by atoms with Gasteiger partial charge in [0.15, 0.2) is 0 Å². The maximum absolute atomic E-state index is 8.85. The molecule has 2 aliphatic rings. The summed E-state index contributed by atoms with van der Waals surface area (Å²) in [6, 6.07) is 9.81. The monoisotopic (exact) mass is 323 g/mol. The smallest absolute Gasteiger partial charge is 0.114 e. The first kappa shape index (κ1) is 15.2. The van der Waals surface area contributed by atoms with Crippen LogP contribution in [0.15, 0.2) is 29.2 Å². The van der Waals surface area contributed by atoms with Crippen molar-refractivity contribution in [3.05, 3.63) is 29.8 Å². The molecule has 1 aromatic rings. The van der Waals surface area contributed by atoms with E-state index in [1.807, 2.05) is 36.0 Å². The van der Waals surface area contributed by atoms with Crippen molar-refractivity contribution < 1.29 is 14.2 Å². The average Bonchev–Trinajstić information content (AvgIpc) is 2.83. The SMILES string of the molecule is CO[C@@H]1[C@@H]2O[C@H](CS[C@@H]2Sc2ccc(C#N)cc2)[C@H]1OC. The van der Waals surface area contributed by atoms with E-state index in [4.69, 9.17) is 19.5 Å². The lowest BCUT2D eigenvalue weighted by Crippen LogP contribution is -2.37. The molecule has 0 spiro atoms. The summed E-state index contributed by atoms with van der Waals surface area (Å²) in [7, 11) is 3.43. The molecule has 21 heavy (non-hydrogen) atoms. The second-order valence-electron chi connectivity index (χ2n) is 5.00. The molecular weight excluding hydrogens is 306 g/mol. The second kappa shape index (κ2) is 6.59. The number of rotatable bonds is 4. The minimum atomic E-state index is -0.0223. The number of nitrogens with zero attached hydrogens (tertiary/aromatic N) is 1. The number of fused-ring (bicyclic) bond motifs is 2. The number of benzene rings is 1. The Hall–Kier alpha value is -0.710. The Morgan fingerprint density at radius 2 is 1.95 bits per heavy atom. The van der Waals surface area contributed by atoms with E-state index in [1.165, 1.54) is 0 Å². The van der Waals surface area contributed by atoms with Gasteiger partial charge in [-0.3, -0.25) is 0 Å². The van der Waals surface area contributed by atoms with Crippen molar-refractivity contribution in [3.8, 4) is 6.07 Å². The van der Waals surface area contributed by atoms with Crippen LogP contribution in [0.25, 0.3) is 0 Å². The Morgan fingerprint density at radius 3 is 2.57 bits per heavy atom. The highest BCUT2D eigenvalue weighted by atomic mass is 32.2. The van der Waals surface area contributed by atoms with Gasteiger partial charge in [0.05, 0.1) is 22.3 Å². The van der Waals surface area contributed by atoms with Crippen LogP contribution in [0, 0.1) is 11.3 Å². The third-order valence-electron chi connectivity index (χ3n) is 3.82. The van der Waals surface area contributed by atoms with Gasteiger partial charge in [-0.1, -0.05) is 0 Å². The quantitative estimate of drug-likeness (QED) is 0.849. The molecule has 1 aromatic carbocycles. The summed E-state index contributed by atoms with van der Waals surface area (Å²) >= 11 is 3.67. The fourth-order valence-electron chi connectivity index (χ4n) is 2.79. The number of ether oxygens (including phenoxy) is 3. The van der Waals surface area contributed by atoms with Crippen molar-refractivity contribution >= 4 is 23.5 Å². The third kappa shape index (κ3) is 2.94. The van der Waals surface area contributed by atoms with Gasteiger partial charge in [0.2, 0.25) is 0 Å². The molecule has 0 unspecified atom stereocenters. The number of hydrogen-bond acceptors (Lipinski definition) is 6. The van der Waals surface area contributed by atoms with E-state index in [2.05, 4.69) is 6.07 Å². The minimum Gasteiger partial charge on any atom is -0.376 e. The zero-order valence-electron chi connectivity index (χ0n) is 11.9. The molecule has 2 heterocycles. The van der Waals surface area contributed by atoms with Gasteiger partial charge in [0.25, 0.3) is 0 Å². The predicted molar refractivity (Wildman–Crippen MR) is 83.5 cm³/mol. The van der Waals surface area contributed by atoms with Crippen molar-refractivity contribution in [1.29, 1.82) is 5.26 Å². The van der Waals surface area contributed by atoms with E-state index in [9.17, 15) is 0 Å². The van der Waals surface area contributed by atoms with Crippen molar-refractivity contribution in [2.45, 2.75) is 33.9 Å². The Balaban J connectivity index is 1.72. The number of methoxy groups -OCH3 is 2. The van der Waals surface area contributed by atoms with Crippen molar-refractivity contribution in [2.24, 2.45) is 0 Å². The minimum absolute atomic E-state index is 0.0130. The first-order chi connectivity index (χ1) is 10.3. The fourth-order valence-corrected chi connectivity index (χ4v) is 5.60. The summed E-state index contributed by atoms with van der Waals surface area (Å²) in [5.74, 6) is 0.919. The normalized spacial score (nSPS) is 34.6. The summed E-state index contributed by atoms with van der Waals surface area (Å²) in [6.45, 7) is 0. The number of nitriles is 1. The highest BCUT2D eigenvalue weighted by Gasteiger charge is 2.52. The van der Waals surface area contributed by atoms with Crippen LogP contribution in [0.5, 0.6) is 0 Å². The summed E-state index contributed by atoms with van der Waals surface area (Å²) in [6.07, 6.45) is 0.141. The van der Waals surface area contributed by atoms with E-state index in [-0.39, 0.29) is 29.0 Å². The third-order valence-corrected chi connectivity index (χ3v) is 6.68. The van der Waals surface area contributed by atoms with Gasteiger partial charge in [-0.25, -0.2) is 0 Å². The van der Waals surface area contributed by atoms with Crippen LogP contribution in [-0.4, -0.2) is 49.0 Å². The molecule has 2 bridgehead atoms. The van der Waals surface area contributed by atoms with E-state index in [1.54, 1.807) is 26.0 Å². The molecule has 112 valence electrons. The van der Waals surface area contributed by atoms with Crippen LogP contribution in [0.3, 0.4) is 0 Å². The van der Waals surface area contributed by atoms with Crippen LogP contribution >= 0.6 is 23.5 Å². The predicted octanol–water partition coefficient (Wildman–Crippen LogP) is 2.52. The lowest BCUT2D eigenvalue weighted by Gasteiger charge is -2.29. The molecule has 5 atom stereocenters. The molecule has 2 fully saturated rings. The molecule has 3 rings (SSSR count). The van der Waals surface area contributed by atoms with Gasteiger partial charge in [0.1, 0.15) is 18.3 Å². The molecule has 0 N–H and O–H groups in total. The largest absolute Gasteiger partial charge is 0.376 e. The molecule has 2 saturated heterocycles. The Bertz CT molecular complexity index is 531. The molecular formula is C15H17NO3S2. The van der Waals surface area contributed by atoms with E-state index >= 15 is 0 Å². The topological polar surface area (TPSA) is 51.5 Å². The standard InChI is InChI=1S/C15H17NO3S2/c1-17-12-11-8-20-15(14(19-11)13(12)18-2)21-10-5-3-9(7-16)4-6-10/h3-6,11-15H,8H2,1-2H3/t11-,12-,13+,14+,15-/m1/s1. The highest BCUT2D eigenvalue weighted by molar-refractivity contribution is 8.17. The van der Waals surface area contributed by atoms with Gasteiger partial charge in [-0.2, -0.15) is 5.26 Å². The van der Waals surface area contributed by atoms with Crippen molar-refractivity contribution in [1.82, 2.24) is 0 Å². The molecule has 0 aromatic heterocycles. The number of thioether (sulfide) groups is 2. The van der Waals surface area contributed by atoms with Crippen LogP contribution in [0.2, 0.25) is 0 Å². The Kier molecular flexibility index (Phi) is 4.77. The van der Waals surface area contributed by atoms with Crippen LogP contribution in [0.4, 0.5) is 0 Å². The zero-order chi connectivity index (χ0) is 14.8. The van der Waals surface area contributed by atoms with Gasteiger partial charge >= 0.3 is 0 Å². The summed E-state index contributed by atoms with van der Waals surface area (Å²) in [4.78, 5) is 1.14. The molecule has 0 saturated carbocycles. The first-order valence-electron chi connectivity index (χ1n) is 6.76. The lowest BCUT2D eigenvalue weighted by molar-refractivity contribution is -0.0232. The zero-order valence-corrected chi connectivity index (χ0v) is 13.5. The number of hydrogen-bond donors (Lipinski definition) is 0. The van der Waals surface area contributed by atoms with Crippen LogP contribution in [0.1, 0.15) is 5.56 Å². The Labute approximate surface area is 133 Å². The first-order valence-corrected chi connectivity index (χ1v) is 8.69.